The summed E-state index contributed by atoms with van der Waals surface area (Å²) in [5.74, 6) is 2.15. The molecular weight excluding hydrogens is 387 g/mol. The van der Waals surface area contributed by atoms with Crippen LogP contribution in [0.15, 0.2) is 35.4 Å². The quantitative estimate of drug-likeness (QED) is 0.414. The number of anilines is 1. The van der Waals surface area contributed by atoms with E-state index < -0.39 is 0 Å². The Morgan fingerprint density at radius 3 is 2.48 bits per heavy atom. The molecule has 7 heteroatoms. The van der Waals surface area contributed by atoms with Crippen molar-refractivity contribution in [3.63, 3.8) is 0 Å². The topological polar surface area (TPSA) is 52.1 Å². The zero-order valence-corrected chi connectivity index (χ0v) is 17.4. The molecule has 0 spiro atoms. The van der Waals surface area contributed by atoms with Gasteiger partial charge in [0.25, 0.3) is 0 Å². The van der Waals surface area contributed by atoms with E-state index >= 15 is 0 Å². The van der Waals surface area contributed by atoms with E-state index in [0.717, 1.165) is 11.3 Å². The van der Waals surface area contributed by atoms with Crippen LogP contribution in [-0.4, -0.2) is 26.5 Å². The summed E-state index contributed by atoms with van der Waals surface area (Å²) in [5, 5.41) is 5.21. The predicted molar refractivity (Wildman–Crippen MR) is 112 cm³/mol. The molecule has 0 bridgehead atoms. The lowest BCUT2D eigenvalue weighted by Gasteiger charge is -2.15. The molecule has 0 radical (unpaired) electrons. The molecule has 0 heterocycles. The van der Waals surface area contributed by atoms with Crippen LogP contribution in [0.5, 0.6) is 17.2 Å². The minimum absolute atomic E-state index is 0.386. The normalized spacial score (nSPS) is 11.1. The number of methoxy groups -OCH3 is 1. The summed E-state index contributed by atoms with van der Waals surface area (Å²) in [4.78, 5) is 0. The van der Waals surface area contributed by atoms with Crippen LogP contribution >= 0.6 is 23.2 Å². The molecule has 0 aromatic heterocycles. The molecule has 0 saturated carbocycles. The molecule has 5 nitrogen and oxygen atoms in total. The van der Waals surface area contributed by atoms with E-state index in [9.17, 15) is 0 Å². The minimum atomic E-state index is 0.386. The van der Waals surface area contributed by atoms with Gasteiger partial charge in [-0.25, -0.2) is 0 Å². The molecule has 0 fully saturated rings. The van der Waals surface area contributed by atoms with Crippen molar-refractivity contribution < 1.29 is 14.2 Å². The molecule has 0 aliphatic rings. The Morgan fingerprint density at radius 1 is 1.07 bits per heavy atom. The first-order chi connectivity index (χ1) is 12.9. The highest BCUT2D eigenvalue weighted by atomic mass is 35.5. The average molecular weight is 411 g/mol. The Balaban J connectivity index is 2.15. The van der Waals surface area contributed by atoms with Crippen molar-refractivity contribution in [1.82, 2.24) is 0 Å². The van der Waals surface area contributed by atoms with Gasteiger partial charge in [0.2, 0.25) is 0 Å². The Labute approximate surface area is 170 Å². The predicted octanol–water partition coefficient (Wildman–Crippen LogP) is 5.88. The number of hydrogen-bond acceptors (Lipinski definition) is 5. The van der Waals surface area contributed by atoms with Gasteiger partial charge in [0.05, 0.1) is 42.3 Å². The number of hydrazone groups is 1. The molecule has 2 aromatic carbocycles. The summed E-state index contributed by atoms with van der Waals surface area (Å²) < 4.78 is 16.6. The second kappa shape index (κ2) is 10.3. The van der Waals surface area contributed by atoms with E-state index in [4.69, 9.17) is 37.4 Å². The third-order valence-electron chi connectivity index (χ3n) is 3.45. The smallest absolute Gasteiger partial charge is 0.179 e. The van der Waals surface area contributed by atoms with Crippen molar-refractivity contribution in [3.8, 4) is 17.2 Å². The summed E-state index contributed by atoms with van der Waals surface area (Å²) in [7, 11) is 1.57. The molecular formula is C20H24Cl2N2O3. The lowest BCUT2D eigenvalue weighted by Crippen LogP contribution is -2.07. The van der Waals surface area contributed by atoms with E-state index in [1.165, 1.54) is 0 Å². The minimum Gasteiger partial charge on any atom is -0.495 e. The maximum atomic E-state index is 6.39. The van der Waals surface area contributed by atoms with Gasteiger partial charge in [-0.05, 0) is 48.7 Å². The van der Waals surface area contributed by atoms with Gasteiger partial charge in [-0.1, -0.05) is 37.0 Å². The van der Waals surface area contributed by atoms with Gasteiger partial charge >= 0.3 is 0 Å². The monoisotopic (exact) mass is 410 g/mol. The van der Waals surface area contributed by atoms with Crippen molar-refractivity contribution >= 4 is 35.1 Å². The van der Waals surface area contributed by atoms with Gasteiger partial charge in [0.1, 0.15) is 5.75 Å². The lowest BCUT2D eigenvalue weighted by atomic mass is 10.2. The van der Waals surface area contributed by atoms with Crippen LogP contribution < -0.4 is 19.6 Å². The number of nitrogens with zero attached hydrogens (tertiary/aromatic N) is 1. The van der Waals surface area contributed by atoms with Crippen LogP contribution in [-0.2, 0) is 0 Å². The van der Waals surface area contributed by atoms with Crippen LogP contribution in [0, 0.1) is 5.92 Å². The van der Waals surface area contributed by atoms with Crippen molar-refractivity contribution in [1.29, 1.82) is 0 Å². The molecule has 0 amide bonds. The van der Waals surface area contributed by atoms with Crippen LogP contribution in [0.1, 0.15) is 26.3 Å². The summed E-state index contributed by atoms with van der Waals surface area (Å²) in [6.45, 7) is 7.14. The molecule has 0 unspecified atom stereocenters. The summed E-state index contributed by atoms with van der Waals surface area (Å²) >= 11 is 12.5. The van der Waals surface area contributed by atoms with Gasteiger partial charge in [0, 0.05) is 0 Å². The summed E-state index contributed by atoms with van der Waals surface area (Å²) in [6.07, 6.45) is 1.65. The highest BCUT2D eigenvalue weighted by Crippen LogP contribution is 2.36. The second-order valence-corrected chi connectivity index (χ2v) is 7.00. The van der Waals surface area contributed by atoms with Crippen molar-refractivity contribution in [2.75, 3.05) is 25.7 Å². The largest absolute Gasteiger partial charge is 0.495 e. The fourth-order valence-corrected chi connectivity index (χ4v) is 2.76. The molecule has 0 atom stereocenters. The average Bonchev–Trinajstić information content (AvgIpc) is 2.61. The third-order valence-corrected chi connectivity index (χ3v) is 4.03. The van der Waals surface area contributed by atoms with Crippen LogP contribution in [0.2, 0.25) is 10.0 Å². The number of hydrogen-bond donors (Lipinski definition) is 1. The first-order valence-corrected chi connectivity index (χ1v) is 9.42. The number of nitrogens with one attached hydrogen (secondary N) is 1. The van der Waals surface area contributed by atoms with E-state index in [2.05, 4.69) is 24.4 Å². The van der Waals surface area contributed by atoms with E-state index in [1.807, 2.05) is 19.1 Å². The standard InChI is InChI=1S/C20H24Cl2N2O3/c1-5-26-19-9-14(8-17(22)20(19)27-12-13(2)3)11-23-24-15-6-7-18(25-4)16(21)10-15/h6-11,13,24H,5,12H2,1-4H3/b23-11+. The Morgan fingerprint density at radius 2 is 1.85 bits per heavy atom. The first-order valence-electron chi connectivity index (χ1n) is 8.66. The zero-order chi connectivity index (χ0) is 19.8. The van der Waals surface area contributed by atoms with Crippen molar-refractivity contribution in [2.24, 2.45) is 11.0 Å². The molecule has 0 saturated heterocycles. The lowest BCUT2D eigenvalue weighted by molar-refractivity contribution is 0.248. The SMILES string of the molecule is CCOc1cc(/C=N/Nc2ccc(OC)c(Cl)c2)cc(Cl)c1OCC(C)C. The maximum Gasteiger partial charge on any atom is 0.179 e. The summed E-state index contributed by atoms with van der Waals surface area (Å²) in [5.41, 5.74) is 4.45. The van der Waals surface area contributed by atoms with E-state index in [0.29, 0.717) is 46.4 Å². The zero-order valence-electron chi connectivity index (χ0n) is 15.9. The molecule has 1 N–H and O–H groups in total. The molecule has 2 aromatic rings. The van der Waals surface area contributed by atoms with Gasteiger partial charge in [0.15, 0.2) is 11.5 Å². The van der Waals surface area contributed by atoms with Crippen molar-refractivity contribution in [3.05, 3.63) is 45.9 Å². The number of halogens is 2. The molecule has 0 aliphatic heterocycles. The molecule has 27 heavy (non-hydrogen) atoms. The highest BCUT2D eigenvalue weighted by molar-refractivity contribution is 6.32. The van der Waals surface area contributed by atoms with Crippen molar-refractivity contribution in [2.45, 2.75) is 20.8 Å². The Bertz CT molecular complexity index is 795. The Hall–Kier alpha value is -2.11. The van der Waals surface area contributed by atoms with E-state index in [-0.39, 0.29) is 0 Å². The van der Waals surface area contributed by atoms with Gasteiger partial charge in [-0.3, -0.25) is 5.43 Å². The van der Waals surface area contributed by atoms with Crippen LogP contribution in [0.25, 0.3) is 0 Å². The van der Waals surface area contributed by atoms with E-state index in [1.54, 1.807) is 31.5 Å². The number of rotatable bonds is 9. The van der Waals surface area contributed by atoms with Gasteiger partial charge < -0.3 is 14.2 Å². The fourth-order valence-electron chi connectivity index (χ4n) is 2.23. The van der Waals surface area contributed by atoms with Crippen LogP contribution in [0.4, 0.5) is 5.69 Å². The number of ether oxygens (including phenoxy) is 3. The first kappa shape index (κ1) is 21.2. The Kier molecular flexibility index (Phi) is 8.07. The number of benzene rings is 2. The summed E-state index contributed by atoms with van der Waals surface area (Å²) in [6, 6.07) is 8.96. The highest BCUT2D eigenvalue weighted by Gasteiger charge is 2.13. The maximum absolute atomic E-state index is 6.39. The molecule has 146 valence electrons. The molecule has 0 aliphatic carbocycles. The molecule has 2 rings (SSSR count). The van der Waals surface area contributed by atoms with Gasteiger partial charge in [-0.15, -0.1) is 0 Å². The van der Waals surface area contributed by atoms with Crippen LogP contribution in [0.3, 0.4) is 0 Å². The third kappa shape index (κ3) is 6.22. The second-order valence-electron chi connectivity index (χ2n) is 6.19. The fraction of sp³-hybridized carbons (Fsp3) is 0.350. The van der Waals surface area contributed by atoms with Gasteiger partial charge in [-0.2, -0.15) is 5.10 Å².